The minimum atomic E-state index is -0.329. The summed E-state index contributed by atoms with van der Waals surface area (Å²) in [7, 11) is 0. The van der Waals surface area contributed by atoms with Gasteiger partial charge in [0.05, 0.1) is 0 Å². The molecule has 4 nitrogen and oxygen atoms in total. The van der Waals surface area contributed by atoms with E-state index in [0.717, 1.165) is 0 Å². The second kappa shape index (κ2) is 7.45. The Kier molecular flexibility index (Phi) is 5.11. The van der Waals surface area contributed by atoms with Crippen LogP contribution in [0.4, 0.5) is 4.39 Å². The molecule has 0 saturated carbocycles. The minimum absolute atomic E-state index is 0.0512. The molecule has 1 amide bonds. The highest BCUT2D eigenvalue weighted by Gasteiger charge is 2.35. The molecule has 1 aliphatic heterocycles. The molecule has 1 fully saturated rings. The summed E-state index contributed by atoms with van der Waals surface area (Å²) in [6.07, 6.45) is 0. The zero-order valence-corrected chi connectivity index (χ0v) is 13.4. The number of rotatable bonds is 5. The Labute approximate surface area is 141 Å². The minimum Gasteiger partial charge on any atom is -0.484 e. The molecule has 24 heavy (non-hydrogen) atoms. The number of carbonyl (C=O) groups is 1. The highest BCUT2D eigenvalue weighted by atomic mass is 19.1. The van der Waals surface area contributed by atoms with Crippen LogP contribution in [0.15, 0.2) is 54.6 Å². The number of carbonyl (C=O) groups excluding carboxylic acids is 1. The second-order valence-electron chi connectivity index (χ2n) is 6.05. The van der Waals surface area contributed by atoms with E-state index in [2.05, 4.69) is 12.1 Å². The van der Waals surface area contributed by atoms with Crippen LogP contribution in [0.3, 0.4) is 0 Å². The lowest BCUT2D eigenvalue weighted by Crippen LogP contribution is -2.33. The van der Waals surface area contributed by atoms with Crippen molar-refractivity contribution in [2.75, 3.05) is 26.2 Å². The van der Waals surface area contributed by atoms with Crippen LogP contribution in [0, 0.1) is 11.7 Å². The molecule has 0 unspecified atom stereocenters. The fourth-order valence-corrected chi connectivity index (χ4v) is 3.16. The highest BCUT2D eigenvalue weighted by molar-refractivity contribution is 5.78. The van der Waals surface area contributed by atoms with Gasteiger partial charge < -0.3 is 15.4 Å². The van der Waals surface area contributed by atoms with E-state index in [1.165, 1.54) is 29.8 Å². The van der Waals surface area contributed by atoms with E-state index in [-0.39, 0.29) is 30.2 Å². The smallest absolute Gasteiger partial charge is 0.260 e. The topological polar surface area (TPSA) is 55.6 Å². The number of amides is 1. The summed E-state index contributed by atoms with van der Waals surface area (Å²) >= 11 is 0. The van der Waals surface area contributed by atoms with Crippen LogP contribution >= 0.6 is 0 Å². The predicted octanol–water partition coefficient (Wildman–Crippen LogP) is 2.41. The molecule has 1 saturated heterocycles. The van der Waals surface area contributed by atoms with E-state index >= 15 is 0 Å². The number of halogens is 1. The average Bonchev–Trinajstić information content (AvgIpc) is 3.06. The first-order chi connectivity index (χ1) is 11.7. The Morgan fingerprint density at radius 3 is 2.50 bits per heavy atom. The first kappa shape index (κ1) is 16.5. The molecule has 2 atom stereocenters. The lowest BCUT2D eigenvalue weighted by atomic mass is 9.89. The molecule has 5 heteroatoms. The molecule has 0 spiro atoms. The molecule has 0 radical (unpaired) electrons. The Morgan fingerprint density at radius 1 is 1.12 bits per heavy atom. The monoisotopic (exact) mass is 328 g/mol. The molecule has 0 bridgehead atoms. The SMILES string of the molecule is NC[C@@H]1CN(C(=O)COc2ccc(F)cc2)C[C@H]1c1ccccc1. The van der Waals surface area contributed by atoms with Gasteiger partial charge in [-0.05, 0) is 42.3 Å². The first-order valence-electron chi connectivity index (χ1n) is 8.08. The highest BCUT2D eigenvalue weighted by Crippen LogP contribution is 2.32. The number of benzene rings is 2. The summed E-state index contributed by atoms with van der Waals surface area (Å²) in [5.74, 6) is 0.591. The van der Waals surface area contributed by atoms with Crippen molar-refractivity contribution in [3.63, 3.8) is 0 Å². The van der Waals surface area contributed by atoms with Crippen molar-refractivity contribution in [1.82, 2.24) is 4.90 Å². The van der Waals surface area contributed by atoms with Crippen LogP contribution in [-0.4, -0.2) is 37.0 Å². The lowest BCUT2D eigenvalue weighted by molar-refractivity contribution is -0.132. The van der Waals surface area contributed by atoms with Crippen LogP contribution in [0.25, 0.3) is 0 Å². The van der Waals surface area contributed by atoms with Gasteiger partial charge in [-0.2, -0.15) is 0 Å². The van der Waals surface area contributed by atoms with E-state index in [4.69, 9.17) is 10.5 Å². The zero-order valence-electron chi connectivity index (χ0n) is 13.4. The summed E-state index contributed by atoms with van der Waals surface area (Å²) in [6.45, 7) is 1.78. The third-order valence-corrected chi connectivity index (χ3v) is 4.50. The number of hydrogen-bond donors (Lipinski definition) is 1. The van der Waals surface area contributed by atoms with Crippen LogP contribution in [0.5, 0.6) is 5.75 Å². The molecule has 3 rings (SSSR count). The zero-order chi connectivity index (χ0) is 16.9. The lowest BCUT2D eigenvalue weighted by Gasteiger charge is -2.17. The van der Waals surface area contributed by atoms with Crippen LogP contribution < -0.4 is 10.5 Å². The van der Waals surface area contributed by atoms with E-state index in [0.29, 0.717) is 25.4 Å². The first-order valence-corrected chi connectivity index (χ1v) is 8.08. The van der Waals surface area contributed by atoms with Crippen LogP contribution in [0.1, 0.15) is 11.5 Å². The molecular formula is C19H21FN2O2. The molecule has 2 aromatic carbocycles. The number of likely N-dealkylation sites (tertiary alicyclic amines) is 1. The molecule has 1 aliphatic rings. The maximum atomic E-state index is 12.9. The normalized spacial score (nSPS) is 20.2. The Balaban J connectivity index is 1.60. The van der Waals surface area contributed by atoms with Gasteiger partial charge in [0.25, 0.3) is 5.91 Å². The Bertz CT molecular complexity index is 676. The Hall–Kier alpha value is -2.40. The number of nitrogens with zero attached hydrogens (tertiary/aromatic N) is 1. The number of nitrogens with two attached hydrogens (primary N) is 1. The Morgan fingerprint density at radius 2 is 1.83 bits per heavy atom. The van der Waals surface area contributed by atoms with Gasteiger partial charge in [0.15, 0.2) is 6.61 Å². The summed E-state index contributed by atoms with van der Waals surface area (Å²) in [5, 5.41) is 0. The van der Waals surface area contributed by atoms with E-state index < -0.39 is 0 Å². The van der Waals surface area contributed by atoms with Gasteiger partial charge in [-0.3, -0.25) is 4.79 Å². The van der Waals surface area contributed by atoms with Gasteiger partial charge in [0, 0.05) is 19.0 Å². The van der Waals surface area contributed by atoms with E-state index in [1.807, 2.05) is 18.2 Å². The van der Waals surface area contributed by atoms with Crippen molar-refractivity contribution >= 4 is 5.91 Å². The van der Waals surface area contributed by atoms with E-state index in [9.17, 15) is 9.18 Å². The maximum Gasteiger partial charge on any atom is 0.260 e. The second-order valence-corrected chi connectivity index (χ2v) is 6.05. The van der Waals surface area contributed by atoms with Crippen molar-refractivity contribution in [3.8, 4) is 5.75 Å². The van der Waals surface area contributed by atoms with Crippen molar-refractivity contribution in [2.45, 2.75) is 5.92 Å². The molecule has 0 aromatic heterocycles. The predicted molar refractivity (Wildman–Crippen MR) is 90.2 cm³/mol. The maximum absolute atomic E-state index is 12.9. The van der Waals surface area contributed by atoms with Gasteiger partial charge in [-0.1, -0.05) is 30.3 Å². The van der Waals surface area contributed by atoms with Crippen molar-refractivity contribution in [1.29, 1.82) is 0 Å². The molecule has 0 aliphatic carbocycles. The molecule has 2 aromatic rings. The standard InChI is InChI=1S/C19H21FN2O2/c20-16-6-8-17(9-7-16)24-13-19(23)22-11-15(10-21)18(12-22)14-4-2-1-3-5-14/h1-9,15,18H,10-13,21H2/t15-,18+/m1/s1. The number of hydrogen-bond acceptors (Lipinski definition) is 3. The van der Waals surface area contributed by atoms with Crippen molar-refractivity contribution in [2.24, 2.45) is 11.7 Å². The van der Waals surface area contributed by atoms with Crippen molar-refractivity contribution in [3.05, 3.63) is 66.0 Å². The van der Waals surface area contributed by atoms with Crippen molar-refractivity contribution < 1.29 is 13.9 Å². The fourth-order valence-electron chi connectivity index (χ4n) is 3.16. The number of ether oxygens (including phenoxy) is 1. The molecular weight excluding hydrogens is 307 g/mol. The summed E-state index contributed by atoms with van der Waals surface area (Å²) in [4.78, 5) is 14.2. The molecule has 1 heterocycles. The molecule has 126 valence electrons. The average molecular weight is 328 g/mol. The third kappa shape index (κ3) is 3.74. The van der Waals surface area contributed by atoms with E-state index in [1.54, 1.807) is 4.90 Å². The largest absolute Gasteiger partial charge is 0.484 e. The van der Waals surface area contributed by atoms with Gasteiger partial charge in [-0.25, -0.2) is 4.39 Å². The summed E-state index contributed by atoms with van der Waals surface area (Å²) in [5.41, 5.74) is 7.11. The van der Waals surface area contributed by atoms with Crippen LogP contribution in [-0.2, 0) is 4.79 Å². The molecule has 2 N–H and O–H groups in total. The summed E-state index contributed by atoms with van der Waals surface area (Å²) < 4.78 is 18.3. The fraction of sp³-hybridized carbons (Fsp3) is 0.316. The van der Waals surface area contributed by atoms with Gasteiger partial charge in [-0.15, -0.1) is 0 Å². The van der Waals surface area contributed by atoms with Gasteiger partial charge in [0.2, 0.25) is 0 Å². The van der Waals surface area contributed by atoms with Gasteiger partial charge >= 0.3 is 0 Å². The summed E-state index contributed by atoms with van der Waals surface area (Å²) in [6, 6.07) is 15.8. The van der Waals surface area contributed by atoms with Crippen LogP contribution in [0.2, 0.25) is 0 Å². The quantitative estimate of drug-likeness (QED) is 0.917. The third-order valence-electron chi connectivity index (χ3n) is 4.50. The van der Waals surface area contributed by atoms with Gasteiger partial charge in [0.1, 0.15) is 11.6 Å².